The van der Waals surface area contributed by atoms with Gasteiger partial charge in [-0.05, 0) is 12.8 Å². The second-order valence-electron chi connectivity index (χ2n) is 3.39. The number of nitro groups is 1. The summed E-state index contributed by atoms with van der Waals surface area (Å²) >= 11 is 0. The Hall–Kier alpha value is -1.95. The predicted molar refractivity (Wildman–Crippen MR) is 72.0 cm³/mol. The van der Waals surface area contributed by atoms with Crippen LogP contribution in [0.15, 0.2) is 42.2 Å². The summed E-state index contributed by atoms with van der Waals surface area (Å²) in [5.74, 6) is 0. The van der Waals surface area contributed by atoms with Crippen LogP contribution < -0.4 is 5.73 Å². The van der Waals surface area contributed by atoms with E-state index < -0.39 is 11.0 Å². The van der Waals surface area contributed by atoms with Gasteiger partial charge in [0.1, 0.15) is 11.8 Å². The maximum atomic E-state index is 10.9. The molecular formula is C12H19N3O3. The van der Waals surface area contributed by atoms with Gasteiger partial charge in [-0.25, -0.2) is 0 Å². The van der Waals surface area contributed by atoms with E-state index in [0.29, 0.717) is 12.8 Å². The molecule has 0 spiro atoms. The molecule has 0 aromatic carbocycles. The SMILES string of the molecule is C=CCCC(OCC=C)C(=NC)/C(=C\N)[N+](=O)[O-]. The van der Waals surface area contributed by atoms with E-state index in [-0.39, 0.29) is 18.0 Å². The molecule has 0 radical (unpaired) electrons. The Morgan fingerprint density at radius 2 is 2.22 bits per heavy atom. The first-order valence-corrected chi connectivity index (χ1v) is 5.49. The van der Waals surface area contributed by atoms with Crippen LogP contribution in [-0.2, 0) is 4.74 Å². The van der Waals surface area contributed by atoms with Crippen LogP contribution in [0.25, 0.3) is 0 Å². The lowest BCUT2D eigenvalue weighted by molar-refractivity contribution is -0.415. The summed E-state index contributed by atoms with van der Waals surface area (Å²) in [6.07, 6.45) is 4.94. The van der Waals surface area contributed by atoms with Gasteiger partial charge in [0.15, 0.2) is 0 Å². The fraction of sp³-hybridized carbons (Fsp3) is 0.417. The standard InChI is InChI=1S/C12H19N3O3/c1-4-6-7-11(18-8-5-2)12(14-3)10(9-13)15(16)17/h4-5,9,11H,1-2,6-8,13H2,3H3/b10-9+,14-12?. The van der Waals surface area contributed by atoms with E-state index in [2.05, 4.69) is 18.2 Å². The Labute approximate surface area is 107 Å². The zero-order chi connectivity index (χ0) is 14.0. The fourth-order valence-electron chi connectivity index (χ4n) is 1.42. The van der Waals surface area contributed by atoms with E-state index >= 15 is 0 Å². The quantitative estimate of drug-likeness (QED) is 0.293. The number of rotatable bonds is 9. The van der Waals surface area contributed by atoms with E-state index in [1.54, 1.807) is 12.2 Å². The monoisotopic (exact) mass is 253 g/mol. The molecule has 0 aromatic heterocycles. The summed E-state index contributed by atoms with van der Waals surface area (Å²) in [6.45, 7) is 7.44. The molecule has 0 amide bonds. The molecule has 0 bridgehead atoms. The van der Waals surface area contributed by atoms with Crippen molar-refractivity contribution in [3.63, 3.8) is 0 Å². The number of nitrogens with zero attached hydrogens (tertiary/aromatic N) is 2. The Morgan fingerprint density at radius 1 is 1.56 bits per heavy atom. The molecule has 0 saturated carbocycles. The van der Waals surface area contributed by atoms with E-state index in [1.165, 1.54) is 7.05 Å². The van der Waals surface area contributed by atoms with E-state index in [9.17, 15) is 10.1 Å². The van der Waals surface area contributed by atoms with Gasteiger partial charge in [-0.2, -0.15) is 0 Å². The molecule has 0 aromatic rings. The molecule has 0 aliphatic carbocycles. The second-order valence-corrected chi connectivity index (χ2v) is 3.39. The molecule has 1 atom stereocenters. The second kappa shape index (κ2) is 9.12. The lowest BCUT2D eigenvalue weighted by Crippen LogP contribution is -2.29. The van der Waals surface area contributed by atoms with Crippen molar-refractivity contribution in [3.8, 4) is 0 Å². The third-order valence-electron chi connectivity index (χ3n) is 2.21. The van der Waals surface area contributed by atoms with Gasteiger partial charge in [-0.1, -0.05) is 12.2 Å². The first-order chi connectivity index (χ1) is 8.62. The van der Waals surface area contributed by atoms with Crippen LogP contribution in [0.2, 0.25) is 0 Å². The van der Waals surface area contributed by atoms with Crippen LogP contribution in [0.1, 0.15) is 12.8 Å². The van der Waals surface area contributed by atoms with Gasteiger partial charge < -0.3 is 10.5 Å². The predicted octanol–water partition coefficient (Wildman–Crippen LogP) is 1.67. The Balaban J connectivity index is 5.06. The topological polar surface area (TPSA) is 90.8 Å². The minimum Gasteiger partial charge on any atom is -0.399 e. The van der Waals surface area contributed by atoms with Crippen molar-refractivity contribution in [2.24, 2.45) is 10.7 Å². The van der Waals surface area contributed by atoms with E-state index in [4.69, 9.17) is 10.5 Å². The highest BCUT2D eigenvalue weighted by Crippen LogP contribution is 2.12. The molecule has 0 fully saturated rings. The van der Waals surface area contributed by atoms with Crippen molar-refractivity contribution < 1.29 is 9.66 Å². The fourth-order valence-corrected chi connectivity index (χ4v) is 1.42. The first-order valence-electron chi connectivity index (χ1n) is 5.49. The Morgan fingerprint density at radius 3 is 2.61 bits per heavy atom. The van der Waals surface area contributed by atoms with Gasteiger partial charge in [-0.15, -0.1) is 13.2 Å². The lowest BCUT2D eigenvalue weighted by atomic mass is 10.1. The number of hydrogen-bond donors (Lipinski definition) is 1. The summed E-state index contributed by atoms with van der Waals surface area (Å²) in [4.78, 5) is 14.2. The zero-order valence-corrected chi connectivity index (χ0v) is 10.5. The number of nitrogens with two attached hydrogens (primary N) is 1. The highest BCUT2D eigenvalue weighted by atomic mass is 16.6. The molecule has 0 aliphatic heterocycles. The highest BCUT2D eigenvalue weighted by Gasteiger charge is 2.27. The number of hydrogen-bond acceptors (Lipinski definition) is 5. The summed E-state index contributed by atoms with van der Waals surface area (Å²) < 4.78 is 5.48. The molecule has 2 N–H and O–H groups in total. The maximum Gasteiger partial charge on any atom is 0.308 e. The van der Waals surface area contributed by atoms with Crippen LogP contribution in [0.4, 0.5) is 0 Å². The van der Waals surface area contributed by atoms with Crippen LogP contribution in [0.5, 0.6) is 0 Å². The Bertz CT molecular complexity index is 350. The molecule has 0 saturated heterocycles. The van der Waals surface area contributed by atoms with E-state index in [0.717, 1.165) is 6.20 Å². The summed E-state index contributed by atoms with van der Waals surface area (Å²) in [6, 6.07) is 0. The number of ether oxygens (including phenoxy) is 1. The van der Waals surface area contributed by atoms with Gasteiger partial charge >= 0.3 is 5.70 Å². The maximum absolute atomic E-state index is 10.9. The molecular weight excluding hydrogens is 234 g/mol. The molecule has 0 heterocycles. The van der Waals surface area contributed by atoms with Crippen LogP contribution in [0.3, 0.4) is 0 Å². The number of allylic oxidation sites excluding steroid dienone is 1. The van der Waals surface area contributed by atoms with Crippen molar-refractivity contribution in [3.05, 3.63) is 47.3 Å². The van der Waals surface area contributed by atoms with Gasteiger partial charge in [0.2, 0.25) is 0 Å². The summed E-state index contributed by atoms with van der Waals surface area (Å²) in [5.41, 5.74) is 5.25. The van der Waals surface area contributed by atoms with Crippen molar-refractivity contribution in [2.75, 3.05) is 13.7 Å². The smallest absolute Gasteiger partial charge is 0.308 e. The molecule has 0 aliphatic rings. The molecule has 6 heteroatoms. The van der Waals surface area contributed by atoms with Crippen molar-refractivity contribution in [2.45, 2.75) is 18.9 Å². The van der Waals surface area contributed by atoms with Crippen LogP contribution in [0, 0.1) is 10.1 Å². The summed E-state index contributed by atoms with van der Waals surface area (Å²) in [5, 5.41) is 10.9. The minimum atomic E-state index is -0.569. The van der Waals surface area contributed by atoms with Crippen LogP contribution >= 0.6 is 0 Å². The molecule has 6 nitrogen and oxygen atoms in total. The lowest BCUT2D eigenvalue weighted by Gasteiger charge is -2.16. The van der Waals surface area contributed by atoms with E-state index in [1.807, 2.05) is 0 Å². The highest BCUT2D eigenvalue weighted by molar-refractivity contribution is 6.01. The third-order valence-corrected chi connectivity index (χ3v) is 2.21. The molecule has 1 unspecified atom stereocenters. The first kappa shape index (κ1) is 16.1. The third kappa shape index (κ3) is 4.92. The number of aliphatic imine (C=N–C) groups is 1. The average molecular weight is 253 g/mol. The van der Waals surface area contributed by atoms with Gasteiger partial charge in [0.05, 0.1) is 17.7 Å². The van der Waals surface area contributed by atoms with Crippen LogP contribution in [-0.4, -0.2) is 30.4 Å². The average Bonchev–Trinajstić information content (AvgIpc) is 2.36. The van der Waals surface area contributed by atoms with Gasteiger partial charge in [0, 0.05) is 7.05 Å². The van der Waals surface area contributed by atoms with Crippen molar-refractivity contribution >= 4 is 5.71 Å². The van der Waals surface area contributed by atoms with Crippen molar-refractivity contribution in [1.82, 2.24) is 0 Å². The minimum absolute atomic E-state index is 0.228. The van der Waals surface area contributed by atoms with Gasteiger partial charge in [0.25, 0.3) is 0 Å². The van der Waals surface area contributed by atoms with Crippen molar-refractivity contribution in [1.29, 1.82) is 0 Å². The zero-order valence-electron chi connectivity index (χ0n) is 10.5. The summed E-state index contributed by atoms with van der Waals surface area (Å²) in [7, 11) is 1.47. The molecule has 18 heavy (non-hydrogen) atoms. The molecule has 0 rings (SSSR count). The molecule has 100 valence electrons. The Kier molecular flexibility index (Phi) is 8.13. The normalized spacial score (nSPS) is 14.1. The van der Waals surface area contributed by atoms with Gasteiger partial charge in [-0.3, -0.25) is 15.1 Å². The largest absolute Gasteiger partial charge is 0.399 e.